The standard InChI is InChI=1S/C22H17NO3S/c1-2-20(24)14-5-3-4-13(10-14)11-18-17-8-9-27-21(17)16-7-6-15(22(25)26)12-19(16)23-18/h3-10,12H,2,11H2,1H3,(H,25,26). The van der Waals surface area contributed by atoms with Crippen LogP contribution in [-0.4, -0.2) is 21.8 Å². The second kappa shape index (κ2) is 6.93. The number of carbonyl (C=O) groups excluding carboxylic acids is 1. The lowest BCUT2D eigenvalue weighted by molar-refractivity contribution is 0.0696. The van der Waals surface area contributed by atoms with E-state index in [-0.39, 0.29) is 11.3 Å². The van der Waals surface area contributed by atoms with Crippen molar-refractivity contribution in [3.63, 3.8) is 0 Å². The molecule has 0 atom stereocenters. The number of fused-ring (bicyclic) bond motifs is 3. The summed E-state index contributed by atoms with van der Waals surface area (Å²) in [6.45, 7) is 1.86. The Morgan fingerprint density at radius 3 is 2.67 bits per heavy atom. The summed E-state index contributed by atoms with van der Waals surface area (Å²) >= 11 is 1.63. The Bertz CT molecular complexity index is 1190. The van der Waals surface area contributed by atoms with Crippen LogP contribution >= 0.6 is 11.3 Å². The van der Waals surface area contributed by atoms with E-state index in [0.29, 0.717) is 23.9 Å². The fourth-order valence-electron chi connectivity index (χ4n) is 3.29. The summed E-state index contributed by atoms with van der Waals surface area (Å²) in [6, 6.07) is 14.8. The van der Waals surface area contributed by atoms with Crippen LogP contribution in [0.1, 0.15) is 45.3 Å². The molecule has 0 saturated carbocycles. The number of carboxylic acids is 1. The van der Waals surface area contributed by atoms with Crippen LogP contribution in [0.2, 0.25) is 0 Å². The number of hydrogen-bond donors (Lipinski definition) is 1. The first-order valence-electron chi connectivity index (χ1n) is 8.72. The van der Waals surface area contributed by atoms with Gasteiger partial charge in [0.15, 0.2) is 5.78 Å². The van der Waals surface area contributed by atoms with E-state index in [1.54, 1.807) is 23.5 Å². The van der Waals surface area contributed by atoms with Crippen LogP contribution in [-0.2, 0) is 6.42 Å². The third-order valence-electron chi connectivity index (χ3n) is 4.66. The molecule has 4 aromatic rings. The molecule has 2 aromatic carbocycles. The molecular weight excluding hydrogens is 358 g/mol. The molecule has 0 spiro atoms. The normalized spacial score (nSPS) is 11.1. The third-order valence-corrected chi connectivity index (χ3v) is 5.61. The van der Waals surface area contributed by atoms with Crippen LogP contribution < -0.4 is 0 Å². The Morgan fingerprint density at radius 2 is 1.89 bits per heavy atom. The first-order chi connectivity index (χ1) is 13.1. The lowest BCUT2D eigenvalue weighted by Gasteiger charge is -2.08. The van der Waals surface area contributed by atoms with E-state index in [1.165, 1.54) is 0 Å². The van der Waals surface area contributed by atoms with Crippen LogP contribution in [0.5, 0.6) is 0 Å². The number of carbonyl (C=O) groups is 2. The molecule has 4 rings (SSSR count). The first kappa shape index (κ1) is 17.4. The average Bonchev–Trinajstić information content (AvgIpc) is 3.17. The molecular formula is C22H17NO3S. The van der Waals surface area contributed by atoms with Gasteiger partial charge in [-0.25, -0.2) is 4.79 Å². The van der Waals surface area contributed by atoms with Gasteiger partial charge in [-0.2, -0.15) is 0 Å². The highest BCUT2D eigenvalue weighted by atomic mass is 32.1. The maximum absolute atomic E-state index is 12.0. The van der Waals surface area contributed by atoms with E-state index in [1.807, 2.05) is 48.7 Å². The Morgan fingerprint density at radius 1 is 1.04 bits per heavy atom. The molecule has 1 N–H and O–H groups in total. The number of ketones is 1. The van der Waals surface area contributed by atoms with Gasteiger partial charge in [0.05, 0.1) is 16.8 Å². The predicted octanol–water partition coefficient (Wildman–Crippen LogP) is 5.33. The van der Waals surface area contributed by atoms with E-state index < -0.39 is 5.97 Å². The van der Waals surface area contributed by atoms with Crippen molar-refractivity contribution in [3.05, 3.63) is 76.3 Å². The summed E-state index contributed by atoms with van der Waals surface area (Å²) in [5.41, 5.74) is 3.53. The van der Waals surface area contributed by atoms with Crippen molar-refractivity contribution < 1.29 is 14.7 Å². The maximum Gasteiger partial charge on any atom is 0.335 e. The van der Waals surface area contributed by atoms with Gasteiger partial charge in [0.1, 0.15) is 0 Å². The summed E-state index contributed by atoms with van der Waals surface area (Å²) in [7, 11) is 0. The molecule has 0 aliphatic rings. The van der Waals surface area contributed by atoms with Crippen molar-refractivity contribution in [2.24, 2.45) is 0 Å². The molecule has 0 fully saturated rings. The quantitative estimate of drug-likeness (QED) is 0.479. The molecule has 0 unspecified atom stereocenters. The number of thiophene rings is 1. The molecule has 0 saturated heterocycles. The second-order valence-electron chi connectivity index (χ2n) is 6.41. The number of aromatic carboxylic acids is 1. The number of benzene rings is 2. The van der Waals surface area contributed by atoms with E-state index in [0.717, 1.165) is 26.7 Å². The summed E-state index contributed by atoms with van der Waals surface area (Å²) in [5, 5.41) is 13.3. The first-order valence-corrected chi connectivity index (χ1v) is 9.60. The van der Waals surface area contributed by atoms with Gasteiger partial charge < -0.3 is 5.11 Å². The lowest BCUT2D eigenvalue weighted by Crippen LogP contribution is -2.00. The highest BCUT2D eigenvalue weighted by Crippen LogP contribution is 2.32. The zero-order valence-electron chi connectivity index (χ0n) is 14.7. The molecule has 0 amide bonds. The predicted molar refractivity (Wildman–Crippen MR) is 108 cm³/mol. The van der Waals surface area contributed by atoms with Crippen molar-refractivity contribution in [1.29, 1.82) is 0 Å². The number of pyridine rings is 1. The molecule has 0 bridgehead atoms. The highest BCUT2D eigenvalue weighted by molar-refractivity contribution is 7.18. The molecule has 0 aliphatic carbocycles. The van der Waals surface area contributed by atoms with Gasteiger partial charge in [-0.3, -0.25) is 9.78 Å². The van der Waals surface area contributed by atoms with Gasteiger partial charge in [-0.1, -0.05) is 31.2 Å². The Kier molecular flexibility index (Phi) is 4.46. The molecule has 0 aliphatic heterocycles. The number of Topliss-reactive ketones (excluding diaryl/α,β-unsaturated/α-hetero) is 1. The number of nitrogens with zero attached hydrogens (tertiary/aromatic N) is 1. The Labute approximate surface area is 160 Å². The van der Waals surface area contributed by atoms with Gasteiger partial charge in [0, 0.05) is 33.9 Å². The second-order valence-corrected chi connectivity index (χ2v) is 7.33. The molecule has 134 valence electrons. The van der Waals surface area contributed by atoms with E-state index in [2.05, 4.69) is 0 Å². The van der Waals surface area contributed by atoms with Crippen molar-refractivity contribution in [1.82, 2.24) is 4.98 Å². The lowest BCUT2D eigenvalue weighted by atomic mass is 10.0. The van der Waals surface area contributed by atoms with Crippen LogP contribution in [0.3, 0.4) is 0 Å². The molecule has 5 heteroatoms. The summed E-state index contributed by atoms with van der Waals surface area (Å²) in [4.78, 5) is 28.1. The van der Waals surface area contributed by atoms with E-state index in [9.17, 15) is 14.7 Å². The van der Waals surface area contributed by atoms with Crippen molar-refractivity contribution in [3.8, 4) is 0 Å². The minimum atomic E-state index is -0.961. The molecule has 2 heterocycles. The summed E-state index contributed by atoms with van der Waals surface area (Å²) in [6.07, 6.45) is 1.07. The monoisotopic (exact) mass is 375 g/mol. The topological polar surface area (TPSA) is 67.3 Å². The van der Waals surface area contributed by atoms with Crippen molar-refractivity contribution in [2.45, 2.75) is 19.8 Å². The maximum atomic E-state index is 12.0. The van der Waals surface area contributed by atoms with Crippen LogP contribution in [0, 0.1) is 0 Å². The largest absolute Gasteiger partial charge is 0.478 e. The molecule has 4 nitrogen and oxygen atoms in total. The Balaban J connectivity index is 1.84. The van der Waals surface area contributed by atoms with Crippen molar-refractivity contribution in [2.75, 3.05) is 0 Å². The van der Waals surface area contributed by atoms with Crippen molar-refractivity contribution >= 4 is 44.1 Å². The fourth-order valence-corrected chi connectivity index (χ4v) is 4.24. The Hall–Kier alpha value is -3.05. The zero-order chi connectivity index (χ0) is 19.0. The summed E-state index contributed by atoms with van der Waals surface area (Å²) < 4.78 is 1.10. The smallest absolute Gasteiger partial charge is 0.335 e. The van der Waals surface area contributed by atoms with Gasteiger partial charge in [0.25, 0.3) is 0 Å². The molecule has 2 aromatic heterocycles. The third kappa shape index (κ3) is 3.22. The van der Waals surface area contributed by atoms with Crippen LogP contribution in [0.15, 0.2) is 53.9 Å². The van der Waals surface area contributed by atoms with Gasteiger partial charge in [0.2, 0.25) is 0 Å². The number of rotatable bonds is 5. The van der Waals surface area contributed by atoms with Crippen LogP contribution in [0.4, 0.5) is 0 Å². The number of hydrogen-bond acceptors (Lipinski definition) is 4. The number of carboxylic acid groups (broad SMARTS) is 1. The molecule has 27 heavy (non-hydrogen) atoms. The minimum Gasteiger partial charge on any atom is -0.478 e. The zero-order valence-corrected chi connectivity index (χ0v) is 15.5. The van der Waals surface area contributed by atoms with Gasteiger partial charge in [-0.05, 0) is 35.2 Å². The van der Waals surface area contributed by atoms with E-state index >= 15 is 0 Å². The number of aromatic nitrogens is 1. The highest BCUT2D eigenvalue weighted by Gasteiger charge is 2.13. The SMILES string of the molecule is CCC(=O)c1cccc(Cc2nc3cc(C(=O)O)ccc3c3sccc23)c1. The molecule has 0 radical (unpaired) electrons. The minimum absolute atomic E-state index is 0.120. The van der Waals surface area contributed by atoms with Gasteiger partial charge in [-0.15, -0.1) is 11.3 Å². The van der Waals surface area contributed by atoms with Crippen LogP contribution in [0.25, 0.3) is 21.0 Å². The average molecular weight is 375 g/mol. The fraction of sp³-hybridized carbons (Fsp3) is 0.136. The van der Waals surface area contributed by atoms with Gasteiger partial charge >= 0.3 is 5.97 Å². The van der Waals surface area contributed by atoms with E-state index in [4.69, 9.17) is 4.98 Å². The summed E-state index contributed by atoms with van der Waals surface area (Å²) in [5.74, 6) is -0.840.